The van der Waals surface area contributed by atoms with Crippen LogP contribution < -0.4 is 10.7 Å². The first-order valence-corrected chi connectivity index (χ1v) is 8.22. The van der Waals surface area contributed by atoms with Crippen molar-refractivity contribution in [3.63, 3.8) is 0 Å². The minimum absolute atomic E-state index is 0.175. The number of hydrogen-bond acceptors (Lipinski definition) is 5. The zero-order valence-corrected chi connectivity index (χ0v) is 13.6. The lowest BCUT2D eigenvalue weighted by molar-refractivity contribution is 0.0780. The lowest BCUT2D eigenvalue weighted by Crippen LogP contribution is -2.30. The zero-order chi connectivity index (χ0) is 17.2. The number of hydrogen-bond donors (Lipinski definition) is 1. The summed E-state index contributed by atoms with van der Waals surface area (Å²) in [4.78, 5) is 28.3. The van der Waals surface area contributed by atoms with Crippen molar-refractivity contribution in [1.82, 2.24) is 14.9 Å². The van der Waals surface area contributed by atoms with Crippen LogP contribution in [0.2, 0.25) is 0 Å². The first-order chi connectivity index (χ1) is 12.3. The number of nitrogens with two attached hydrogens (primary N) is 1. The van der Waals surface area contributed by atoms with Gasteiger partial charge >= 0.3 is 0 Å². The summed E-state index contributed by atoms with van der Waals surface area (Å²) in [5, 5.41) is 0.781. The van der Waals surface area contributed by atoms with Gasteiger partial charge in [0.2, 0.25) is 5.75 Å². The molecule has 3 heterocycles. The van der Waals surface area contributed by atoms with Gasteiger partial charge < -0.3 is 9.74 Å². The number of nitrogens with zero attached hydrogens (tertiary/aromatic N) is 3. The predicted molar refractivity (Wildman–Crippen MR) is 94.1 cm³/mol. The predicted octanol–water partition coefficient (Wildman–Crippen LogP) is 2.51. The molecule has 1 unspecified atom stereocenters. The van der Waals surface area contributed by atoms with Crippen LogP contribution in [0.4, 0.5) is 0 Å². The third-order valence-electron chi connectivity index (χ3n) is 4.67. The molecule has 126 valence electrons. The second-order valence-electron chi connectivity index (χ2n) is 6.14. The van der Waals surface area contributed by atoms with Crippen molar-refractivity contribution >= 4 is 16.8 Å². The van der Waals surface area contributed by atoms with E-state index in [-0.39, 0.29) is 17.4 Å². The van der Waals surface area contributed by atoms with Gasteiger partial charge in [-0.2, -0.15) is 5.90 Å². The van der Waals surface area contributed by atoms with Crippen molar-refractivity contribution in [2.24, 2.45) is 5.90 Å². The van der Waals surface area contributed by atoms with E-state index in [2.05, 4.69) is 22.1 Å². The summed E-state index contributed by atoms with van der Waals surface area (Å²) < 4.78 is 0. The highest BCUT2D eigenvalue weighted by Gasteiger charge is 2.31. The number of benzene rings is 1. The van der Waals surface area contributed by atoms with Crippen LogP contribution in [0.25, 0.3) is 10.9 Å². The van der Waals surface area contributed by atoms with Crippen LogP contribution in [0.15, 0.2) is 54.9 Å². The van der Waals surface area contributed by atoms with Gasteiger partial charge in [0.05, 0.1) is 0 Å². The average molecular weight is 334 g/mol. The summed E-state index contributed by atoms with van der Waals surface area (Å²) in [5.41, 5.74) is 2.01. The van der Waals surface area contributed by atoms with Gasteiger partial charge in [0.25, 0.3) is 5.91 Å². The molecule has 0 bridgehead atoms. The van der Waals surface area contributed by atoms with Crippen LogP contribution in [-0.4, -0.2) is 33.9 Å². The molecule has 0 saturated carbocycles. The normalized spacial score (nSPS) is 17.0. The molecule has 2 N–H and O–H groups in total. The number of pyridine rings is 2. The van der Waals surface area contributed by atoms with Gasteiger partial charge in [-0.1, -0.05) is 30.3 Å². The maximum absolute atomic E-state index is 12.9. The Labute approximate surface area is 145 Å². The Morgan fingerprint density at radius 3 is 2.80 bits per heavy atom. The number of amides is 1. The Bertz CT molecular complexity index is 914. The summed E-state index contributed by atoms with van der Waals surface area (Å²) in [5.74, 6) is 5.81. The summed E-state index contributed by atoms with van der Waals surface area (Å²) in [6.45, 7) is 1.35. The molecule has 1 atom stereocenters. The van der Waals surface area contributed by atoms with Crippen LogP contribution in [0.3, 0.4) is 0 Å². The van der Waals surface area contributed by atoms with Crippen molar-refractivity contribution in [1.29, 1.82) is 0 Å². The summed E-state index contributed by atoms with van der Waals surface area (Å²) in [6, 6.07) is 13.9. The molecule has 0 radical (unpaired) electrons. The SMILES string of the molecule is NOc1c(C(=O)N2CCC(c3ccccc3)C2)ncc2cccnc12. The van der Waals surface area contributed by atoms with Gasteiger partial charge in [-0.05, 0) is 24.1 Å². The Hall–Kier alpha value is -2.99. The molecule has 6 nitrogen and oxygen atoms in total. The van der Waals surface area contributed by atoms with E-state index in [9.17, 15) is 4.79 Å². The lowest BCUT2D eigenvalue weighted by atomic mass is 9.99. The first kappa shape index (κ1) is 15.5. The van der Waals surface area contributed by atoms with E-state index < -0.39 is 0 Å². The van der Waals surface area contributed by atoms with E-state index >= 15 is 0 Å². The molecular weight excluding hydrogens is 316 g/mol. The number of fused-ring (bicyclic) bond motifs is 1. The largest absolute Gasteiger partial charge is 0.407 e. The molecule has 0 aliphatic carbocycles. The molecule has 0 spiro atoms. The van der Waals surface area contributed by atoms with Crippen molar-refractivity contribution in [2.45, 2.75) is 12.3 Å². The topological polar surface area (TPSA) is 81.3 Å². The lowest BCUT2D eigenvalue weighted by Gasteiger charge is -2.18. The molecule has 1 fully saturated rings. The third-order valence-corrected chi connectivity index (χ3v) is 4.67. The van der Waals surface area contributed by atoms with Gasteiger partial charge in [-0.15, -0.1) is 0 Å². The number of aromatic nitrogens is 2. The summed E-state index contributed by atoms with van der Waals surface area (Å²) >= 11 is 0. The molecule has 1 aliphatic heterocycles. The van der Waals surface area contributed by atoms with E-state index in [0.29, 0.717) is 24.5 Å². The van der Waals surface area contributed by atoms with Crippen LogP contribution in [0.1, 0.15) is 28.4 Å². The van der Waals surface area contributed by atoms with E-state index in [0.717, 1.165) is 11.8 Å². The highest BCUT2D eigenvalue weighted by atomic mass is 16.6. The van der Waals surface area contributed by atoms with Crippen LogP contribution in [-0.2, 0) is 0 Å². The smallest absolute Gasteiger partial charge is 0.276 e. The number of rotatable bonds is 3. The molecule has 1 aromatic carbocycles. The van der Waals surface area contributed by atoms with E-state index in [1.165, 1.54) is 5.56 Å². The van der Waals surface area contributed by atoms with Crippen molar-refractivity contribution < 1.29 is 9.63 Å². The summed E-state index contributed by atoms with van der Waals surface area (Å²) in [7, 11) is 0. The van der Waals surface area contributed by atoms with Gasteiger partial charge in [0.15, 0.2) is 5.69 Å². The van der Waals surface area contributed by atoms with Gasteiger partial charge in [0.1, 0.15) is 5.52 Å². The molecule has 1 aliphatic rings. The molecule has 1 saturated heterocycles. The minimum Gasteiger partial charge on any atom is -0.407 e. The first-order valence-electron chi connectivity index (χ1n) is 8.22. The second-order valence-corrected chi connectivity index (χ2v) is 6.14. The molecule has 6 heteroatoms. The quantitative estimate of drug-likeness (QED) is 0.744. The Morgan fingerprint density at radius 1 is 1.16 bits per heavy atom. The standard InChI is InChI=1S/C19H18N4O2/c20-25-18-16-14(7-4-9-21-16)11-22-17(18)19(24)23-10-8-15(12-23)13-5-2-1-3-6-13/h1-7,9,11,15H,8,10,12,20H2. The third kappa shape index (κ3) is 2.81. The van der Waals surface area contributed by atoms with Crippen LogP contribution >= 0.6 is 0 Å². The number of likely N-dealkylation sites (tertiary alicyclic amines) is 1. The Balaban J connectivity index is 1.62. The molecular formula is C19H18N4O2. The highest BCUT2D eigenvalue weighted by Crippen LogP contribution is 2.31. The maximum Gasteiger partial charge on any atom is 0.276 e. The number of carbonyl (C=O) groups is 1. The van der Waals surface area contributed by atoms with Gasteiger partial charge in [0, 0.05) is 36.8 Å². The fourth-order valence-corrected chi connectivity index (χ4v) is 3.37. The van der Waals surface area contributed by atoms with Gasteiger partial charge in [-0.3, -0.25) is 9.78 Å². The Kier molecular flexibility index (Phi) is 4.03. The highest BCUT2D eigenvalue weighted by molar-refractivity contribution is 6.00. The van der Waals surface area contributed by atoms with Crippen LogP contribution in [0.5, 0.6) is 5.75 Å². The van der Waals surface area contributed by atoms with Gasteiger partial charge in [-0.25, -0.2) is 4.98 Å². The maximum atomic E-state index is 12.9. The van der Waals surface area contributed by atoms with Crippen LogP contribution in [0, 0.1) is 0 Å². The van der Waals surface area contributed by atoms with Crippen molar-refractivity contribution in [2.75, 3.05) is 13.1 Å². The number of carbonyl (C=O) groups excluding carboxylic acids is 1. The average Bonchev–Trinajstić information content (AvgIpc) is 3.17. The second kappa shape index (κ2) is 6.49. The van der Waals surface area contributed by atoms with Crippen molar-refractivity contribution in [3.05, 3.63) is 66.1 Å². The van der Waals surface area contributed by atoms with E-state index in [1.807, 2.05) is 24.3 Å². The fraction of sp³-hybridized carbons (Fsp3) is 0.211. The summed E-state index contributed by atoms with van der Waals surface area (Å²) in [6.07, 6.45) is 4.20. The Morgan fingerprint density at radius 2 is 2.00 bits per heavy atom. The monoisotopic (exact) mass is 334 g/mol. The molecule has 1 amide bonds. The molecule has 3 aromatic rings. The fourth-order valence-electron chi connectivity index (χ4n) is 3.37. The molecule has 2 aromatic heterocycles. The zero-order valence-electron chi connectivity index (χ0n) is 13.6. The van der Waals surface area contributed by atoms with E-state index in [1.54, 1.807) is 23.4 Å². The molecule has 25 heavy (non-hydrogen) atoms. The molecule has 4 rings (SSSR count). The van der Waals surface area contributed by atoms with Crippen molar-refractivity contribution in [3.8, 4) is 5.75 Å². The van der Waals surface area contributed by atoms with E-state index in [4.69, 9.17) is 10.7 Å². The minimum atomic E-state index is -0.175.